The molecular weight excluding hydrogens is 573 g/mol. The van der Waals surface area contributed by atoms with Crippen LogP contribution in [0.2, 0.25) is 5.02 Å². The molecule has 3 aromatic carbocycles. The van der Waals surface area contributed by atoms with E-state index in [2.05, 4.69) is 9.56 Å². The molecule has 42 heavy (non-hydrogen) atoms. The molecule has 1 aliphatic heterocycles. The Morgan fingerprint density at radius 3 is 2.52 bits per heavy atom. The molecule has 0 amide bonds. The number of esters is 1. The molecule has 6 nitrogen and oxygen atoms in total. The molecule has 0 fully saturated rings. The maximum atomic E-state index is 14.1. The summed E-state index contributed by atoms with van der Waals surface area (Å²) in [5.41, 5.74) is 4.13. The molecule has 0 radical (unpaired) electrons. The maximum absolute atomic E-state index is 14.1. The van der Waals surface area contributed by atoms with E-state index in [4.69, 9.17) is 16.3 Å². The van der Waals surface area contributed by atoms with Crippen molar-refractivity contribution in [2.24, 2.45) is 4.99 Å². The third-order valence-corrected chi connectivity index (χ3v) is 8.38. The van der Waals surface area contributed by atoms with E-state index in [0.717, 1.165) is 27.6 Å². The van der Waals surface area contributed by atoms with E-state index >= 15 is 0 Å². The fourth-order valence-electron chi connectivity index (χ4n) is 5.27. The van der Waals surface area contributed by atoms with Gasteiger partial charge in [-0.3, -0.25) is 9.36 Å². The molecule has 6 rings (SSSR count). The van der Waals surface area contributed by atoms with Crippen LogP contribution in [0.4, 0.5) is 4.39 Å². The van der Waals surface area contributed by atoms with Crippen molar-refractivity contribution in [3.05, 3.63) is 137 Å². The summed E-state index contributed by atoms with van der Waals surface area (Å²) in [7, 11) is 0. The lowest BCUT2D eigenvalue weighted by molar-refractivity contribution is -0.143. The number of halogens is 2. The first-order valence-electron chi connectivity index (χ1n) is 13.5. The second kappa shape index (κ2) is 11.2. The van der Waals surface area contributed by atoms with Crippen LogP contribution < -0.4 is 14.9 Å². The molecule has 1 atom stereocenters. The number of carbonyl (C=O) groups is 1. The highest BCUT2D eigenvalue weighted by Gasteiger charge is 2.33. The highest BCUT2D eigenvalue weighted by molar-refractivity contribution is 7.07. The maximum Gasteiger partial charge on any atom is 0.338 e. The Balaban J connectivity index is 1.50. The van der Waals surface area contributed by atoms with Crippen molar-refractivity contribution in [2.45, 2.75) is 39.5 Å². The topological polar surface area (TPSA) is 65.6 Å². The molecule has 212 valence electrons. The average molecular weight is 600 g/mol. The van der Waals surface area contributed by atoms with E-state index in [1.807, 2.05) is 48.7 Å². The van der Waals surface area contributed by atoms with Gasteiger partial charge in [0.2, 0.25) is 0 Å². The summed E-state index contributed by atoms with van der Waals surface area (Å²) >= 11 is 7.45. The summed E-state index contributed by atoms with van der Waals surface area (Å²) in [6, 6.07) is 20.8. The molecule has 0 bridgehead atoms. The van der Waals surface area contributed by atoms with Gasteiger partial charge in [-0.25, -0.2) is 14.2 Å². The molecule has 0 saturated heterocycles. The largest absolute Gasteiger partial charge is 0.459 e. The Bertz CT molecular complexity index is 2040. The van der Waals surface area contributed by atoms with Crippen LogP contribution in [0.3, 0.4) is 0 Å². The van der Waals surface area contributed by atoms with Gasteiger partial charge in [0.05, 0.1) is 27.9 Å². The molecule has 0 N–H and O–H groups in total. The lowest BCUT2D eigenvalue weighted by atomic mass is 9.96. The second-order valence-electron chi connectivity index (χ2n) is 10.4. The number of aromatic nitrogens is 2. The van der Waals surface area contributed by atoms with E-state index in [1.54, 1.807) is 49.6 Å². The standard InChI is InChI=1S/C33H27ClFN3O3S/c1-19(2)41-32(40)29-20(3)36-33-38(30(29)22-10-12-24(34)13-11-22)31(39)28(42-33)16-23-18-37(27-7-5-4-6-26(23)27)17-21-8-14-25(35)15-9-21/h4-16,18-19,30H,17H2,1-3H3/b28-16+/t30-/m0/s1. The van der Waals surface area contributed by atoms with E-state index in [9.17, 15) is 14.0 Å². The highest BCUT2D eigenvalue weighted by Crippen LogP contribution is 2.32. The Labute approximate surface area is 250 Å². The van der Waals surface area contributed by atoms with Gasteiger partial charge in [-0.05, 0) is 68.3 Å². The van der Waals surface area contributed by atoms with Gasteiger partial charge < -0.3 is 9.30 Å². The van der Waals surface area contributed by atoms with Crippen LogP contribution in [-0.4, -0.2) is 21.2 Å². The summed E-state index contributed by atoms with van der Waals surface area (Å²) in [5, 5.41) is 1.53. The van der Waals surface area contributed by atoms with Crippen LogP contribution in [0.1, 0.15) is 43.5 Å². The van der Waals surface area contributed by atoms with Crippen LogP contribution in [0.25, 0.3) is 17.0 Å². The molecule has 1 aliphatic rings. The van der Waals surface area contributed by atoms with Crippen molar-refractivity contribution >= 4 is 45.9 Å². The van der Waals surface area contributed by atoms with E-state index in [0.29, 0.717) is 32.2 Å². The van der Waals surface area contributed by atoms with Crippen LogP contribution in [0, 0.1) is 5.82 Å². The Kier molecular flexibility index (Phi) is 7.43. The second-order valence-corrected chi connectivity index (χ2v) is 11.9. The predicted octanol–water partition coefficient (Wildman–Crippen LogP) is 5.98. The normalized spacial score (nSPS) is 15.3. The third-order valence-electron chi connectivity index (χ3n) is 7.14. The predicted molar refractivity (Wildman–Crippen MR) is 164 cm³/mol. The van der Waals surface area contributed by atoms with Crippen LogP contribution >= 0.6 is 22.9 Å². The van der Waals surface area contributed by atoms with Crippen molar-refractivity contribution in [2.75, 3.05) is 0 Å². The van der Waals surface area contributed by atoms with Gasteiger partial charge in [-0.2, -0.15) is 0 Å². The average Bonchev–Trinajstić information content (AvgIpc) is 3.45. The summed E-state index contributed by atoms with van der Waals surface area (Å²) in [6.45, 7) is 5.88. The van der Waals surface area contributed by atoms with Gasteiger partial charge in [0.25, 0.3) is 5.56 Å². The summed E-state index contributed by atoms with van der Waals surface area (Å²) in [6.07, 6.45) is 3.54. The Morgan fingerprint density at radius 1 is 1.10 bits per heavy atom. The summed E-state index contributed by atoms with van der Waals surface area (Å²) in [4.78, 5) is 32.5. The molecule has 0 aliphatic carbocycles. The number of allylic oxidation sites excluding steroid dienone is 1. The first kappa shape index (κ1) is 27.9. The number of ether oxygens (including phenoxy) is 1. The van der Waals surface area contributed by atoms with Crippen molar-refractivity contribution in [3.63, 3.8) is 0 Å². The van der Waals surface area contributed by atoms with Gasteiger partial charge in [0, 0.05) is 34.2 Å². The molecular formula is C33H27ClFN3O3S. The highest BCUT2D eigenvalue weighted by atomic mass is 35.5. The first-order valence-corrected chi connectivity index (χ1v) is 14.7. The zero-order valence-corrected chi connectivity index (χ0v) is 24.7. The third kappa shape index (κ3) is 5.24. The van der Waals surface area contributed by atoms with Crippen molar-refractivity contribution in [1.29, 1.82) is 0 Å². The number of para-hydroxylation sites is 1. The molecule has 0 spiro atoms. The molecule has 0 unspecified atom stereocenters. The van der Waals surface area contributed by atoms with E-state index in [-0.39, 0.29) is 17.5 Å². The number of thiazole rings is 1. The van der Waals surface area contributed by atoms with Gasteiger partial charge >= 0.3 is 5.97 Å². The Morgan fingerprint density at radius 2 is 1.81 bits per heavy atom. The minimum atomic E-state index is -0.716. The molecule has 5 aromatic rings. The quantitative estimate of drug-likeness (QED) is 0.226. The van der Waals surface area contributed by atoms with Gasteiger partial charge in [-0.1, -0.05) is 65.4 Å². The van der Waals surface area contributed by atoms with Gasteiger partial charge in [0.15, 0.2) is 4.80 Å². The zero-order chi connectivity index (χ0) is 29.5. The van der Waals surface area contributed by atoms with Crippen LogP contribution in [0.15, 0.2) is 100 Å². The van der Waals surface area contributed by atoms with Crippen LogP contribution in [0.5, 0.6) is 0 Å². The van der Waals surface area contributed by atoms with Crippen molar-refractivity contribution in [1.82, 2.24) is 9.13 Å². The fourth-order valence-corrected chi connectivity index (χ4v) is 6.43. The minimum Gasteiger partial charge on any atom is -0.459 e. The first-order chi connectivity index (χ1) is 20.2. The zero-order valence-electron chi connectivity index (χ0n) is 23.2. The monoisotopic (exact) mass is 599 g/mol. The number of fused-ring (bicyclic) bond motifs is 2. The van der Waals surface area contributed by atoms with Crippen molar-refractivity contribution < 1.29 is 13.9 Å². The number of hydrogen-bond acceptors (Lipinski definition) is 5. The smallest absolute Gasteiger partial charge is 0.338 e. The van der Waals surface area contributed by atoms with Gasteiger partial charge in [0.1, 0.15) is 5.82 Å². The van der Waals surface area contributed by atoms with Gasteiger partial charge in [-0.15, -0.1) is 0 Å². The minimum absolute atomic E-state index is 0.253. The molecule has 9 heteroatoms. The number of rotatable bonds is 6. The fraction of sp³-hybridized carbons (Fsp3) is 0.182. The number of carbonyl (C=O) groups excluding carboxylic acids is 1. The number of hydrogen-bond donors (Lipinski definition) is 0. The Hall–Kier alpha value is -4.27. The van der Waals surface area contributed by atoms with E-state index < -0.39 is 12.0 Å². The number of nitrogens with zero attached hydrogens (tertiary/aromatic N) is 3. The lowest BCUT2D eigenvalue weighted by Crippen LogP contribution is -2.40. The molecule has 0 saturated carbocycles. The number of benzene rings is 3. The van der Waals surface area contributed by atoms with Crippen LogP contribution in [-0.2, 0) is 16.1 Å². The molecule has 3 heterocycles. The van der Waals surface area contributed by atoms with Crippen molar-refractivity contribution in [3.8, 4) is 0 Å². The summed E-state index contributed by atoms with van der Waals surface area (Å²) in [5.74, 6) is -0.788. The van der Waals surface area contributed by atoms with E-state index in [1.165, 1.54) is 23.5 Å². The molecule has 2 aromatic heterocycles. The summed E-state index contributed by atoms with van der Waals surface area (Å²) < 4.78 is 23.2. The lowest BCUT2D eigenvalue weighted by Gasteiger charge is -2.25. The SMILES string of the molecule is CC1=C(C(=O)OC(C)C)[C@H](c2ccc(Cl)cc2)n2c(s/c(=C/c3cn(Cc4ccc(F)cc4)c4ccccc34)c2=O)=N1.